The minimum atomic E-state index is -1.15. The monoisotopic (exact) mass is 722 g/mol. The average molecular weight is 723 g/mol. The number of amides is 4. The molecule has 1 aliphatic rings. The summed E-state index contributed by atoms with van der Waals surface area (Å²) in [6.45, 7) is 0. The summed E-state index contributed by atoms with van der Waals surface area (Å²) in [6.07, 6.45) is 9.42. The van der Waals surface area contributed by atoms with Gasteiger partial charge in [0, 0.05) is 59.9 Å². The van der Waals surface area contributed by atoms with E-state index in [-0.39, 0.29) is 37.3 Å². The number of carbonyl (C=O) groups is 4. The van der Waals surface area contributed by atoms with Gasteiger partial charge in [-0.1, -0.05) is 72.8 Å². The number of phenols is 1. The van der Waals surface area contributed by atoms with Crippen molar-refractivity contribution in [3.63, 3.8) is 0 Å². The Balaban J connectivity index is 1.24. The molecule has 1 aliphatic heterocycles. The normalized spacial score (nSPS) is 17.9. The van der Waals surface area contributed by atoms with Crippen molar-refractivity contribution in [2.24, 2.45) is 5.73 Å². The molecular weight excluding hydrogens is 681 g/mol. The average Bonchev–Trinajstić information content (AvgIpc) is 3.77. The Morgan fingerprint density at radius 1 is 0.833 bits per heavy atom. The van der Waals surface area contributed by atoms with Gasteiger partial charge in [0.05, 0.1) is 0 Å². The number of carbonyl (C=O) groups excluding carboxylic acids is 4. The number of hydrogen-bond acceptors (Lipinski definition) is 5. The van der Waals surface area contributed by atoms with Gasteiger partial charge in [0.25, 0.3) is 0 Å². The van der Waals surface area contributed by atoms with Crippen LogP contribution in [0.25, 0.3) is 27.9 Å². The molecule has 7 rings (SSSR count). The summed E-state index contributed by atoms with van der Waals surface area (Å²) in [4.78, 5) is 61.3. The number of para-hydroxylation sites is 1. The summed E-state index contributed by atoms with van der Waals surface area (Å²) in [5.74, 6) is -2.15. The molecule has 274 valence electrons. The van der Waals surface area contributed by atoms with Crippen LogP contribution in [0.4, 0.5) is 0 Å². The zero-order valence-corrected chi connectivity index (χ0v) is 29.6. The van der Waals surface area contributed by atoms with Gasteiger partial charge in [0.1, 0.15) is 23.9 Å². The molecule has 0 radical (unpaired) electrons. The van der Waals surface area contributed by atoms with E-state index < -0.39 is 35.8 Å². The van der Waals surface area contributed by atoms with Gasteiger partial charge in [-0.25, -0.2) is 0 Å². The quantitative estimate of drug-likeness (QED) is 0.128. The lowest BCUT2D eigenvalue weighted by Gasteiger charge is -2.25. The zero-order valence-electron chi connectivity index (χ0n) is 29.6. The number of nitrogens with one attached hydrogen (secondary N) is 5. The summed E-state index contributed by atoms with van der Waals surface area (Å²) < 4.78 is 0. The predicted octanol–water partition coefficient (Wildman–Crippen LogP) is 4.52. The van der Waals surface area contributed by atoms with Crippen molar-refractivity contribution in [3.05, 3.63) is 143 Å². The molecule has 8 N–H and O–H groups in total. The molecule has 4 aromatic carbocycles. The molecule has 0 unspecified atom stereocenters. The van der Waals surface area contributed by atoms with Crippen LogP contribution in [0.2, 0.25) is 0 Å². The lowest BCUT2D eigenvalue weighted by Crippen LogP contribution is -2.57. The van der Waals surface area contributed by atoms with Gasteiger partial charge in [-0.3, -0.25) is 19.2 Å². The van der Waals surface area contributed by atoms with E-state index in [4.69, 9.17) is 5.73 Å². The summed E-state index contributed by atoms with van der Waals surface area (Å²) >= 11 is 0. The summed E-state index contributed by atoms with van der Waals surface area (Å²) in [5.41, 5.74) is 12.9. The fourth-order valence-electron chi connectivity index (χ4n) is 7.02. The molecule has 0 spiro atoms. The Hall–Kier alpha value is -6.62. The zero-order chi connectivity index (χ0) is 37.6. The van der Waals surface area contributed by atoms with Crippen LogP contribution in [0.3, 0.4) is 0 Å². The predicted molar refractivity (Wildman–Crippen MR) is 208 cm³/mol. The third-order valence-electron chi connectivity index (χ3n) is 9.93. The van der Waals surface area contributed by atoms with Gasteiger partial charge >= 0.3 is 0 Å². The Labute approximate surface area is 312 Å². The highest BCUT2D eigenvalue weighted by atomic mass is 16.3. The highest BCUT2D eigenvalue weighted by molar-refractivity contribution is 5.95. The van der Waals surface area contributed by atoms with Crippen LogP contribution in [0.5, 0.6) is 5.75 Å². The molecule has 3 atom stereocenters. The van der Waals surface area contributed by atoms with E-state index in [0.29, 0.717) is 18.4 Å². The second-order valence-corrected chi connectivity index (χ2v) is 13.8. The number of hydrogen-bond donors (Lipinski definition) is 7. The smallest absolute Gasteiger partial charge is 0.243 e. The van der Waals surface area contributed by atoms with Crippen molar-refractivity contribution >= 4 is 51.5 Å². The molecule has 4 amide bonds. The Morgan fingerprint density at radius 2 is 1.63 bits per heavy atom. The molecule has 4 bridgehead atoms. The SMILES string of the molecule is NC(=O)[C@H](Cc1ccc(O)cc1)NC(=O)[C@@H]1Cc2c[nH]c3ccc(cc23)C/C=C\c2cccc(c2)CCC(=O)N[C@@H](Cc2c[nH]c3ccccc23)C(=O)N1. The lowest BCUT2D eigenvalue weighted by molar-refractivity contribution is -0.133. The van der Waals surface area contributed by atoms with Crippen LogP contribution >= 0.6 is 0 Å². The minimum Gasteiger partial charge on any atom is -0.508 e. The van der Waals surface area contributed by atoms with Gasteiger partial charge < -0.3 is 36.8 Å². The van der Waals surface area contributed by atoms with Crippen molar-refractivity contribution in [2.75, 3.05) is 0 Å². The van der Waals surface area contributed by atoms with Crippen molar-refractivity contribution < 1.29 is 24.3 Å². The van der Waals surface area contributed by atoms with Crippen molar-refractivity contribution in [1.82, 2.24) is 25.9 Å². The Kier molecular flexibility index (Phi) is 10.6. The van der Waals surface area contributed by atoms with Crippen LogP contribution in [-0.2, 0) is 51.3 Å². The molecular formula is C43H42N6O5. The maximum atomic E-state index is 14.4. The molecule has 0 saturated heterocycles. The first-order valence-electron chi connectivity index (χ1n) is 18.0. The number of aromatic nitrogens is 2. The molecule has 6 aromatic rings. The largest absolute Gasteiger partial charge is 0.508 e. The third kappa shape index (κ3) is 8.53. The van der Waals surface area contributed by atoms with Gasteiger partial charge in [0.2, 0.25) is 23.6 Å². The molecule has 0 fully saturated rings. The van der Waals surface area contributed by atoms with Crippen LogP contribution in [0, 0.1) is 0 Å². The number of fused-ring (bicyclic) bond motifs is 4. The number of aromatic amines is 2. The highest BCUT2D eigenvalue weighted by Gasteiger charge is 2.31. The maximum absolute atomic E-state index is 14.4. The fourth-order valence-corrected chi connectivity index (χ4v) is 7.02. The van der Waals surface area contributed by atoms with E-state index >= 15 is 0 Å². The molecule has 11 nitrogen and oxygen atoms in total. The van der Waals surface area contributed by atoms with E-state index in [1.807, 2.05) is 67.0 Å². The van der Waals surface area contributed by atoms with Crippen LogP contribution in [0.1, 0.15) is 39.8 Å². The Bertz CT molecular complexity index is 2360. The van der Waals surface area contributed by atoms with Crippen molar-refractivity contribution in [2.45, 2.75) is 56.7 Å². The van der Waals surface area contributed by atoms with E-state index in [9.17, 15) is 24.3 Å². The maximum Gasteiger partial charge on any atom is 0.243 e. The van der Waals surface area contributed by atoms with Crippen molar-refractivity contribution in [1.29, 1.82) is 0 Å². The molecule has 54 heavy (non-hydrogen) atoms. The van der Waals surface area contributed by atoms with E-state index in [2.05, 4.69) is 50.2 Å². The van der Waals surface area contributed by atoms with Gasteiger partial charge in [-0.15, -0.1) is 0 Å². The number of aromatic hydroxyl groups is 1. The van der Waals surface area contributed by atoms with Gasteiger partial charge in [-0.2, -0.15) is 0 Å². The number of primary amides is 1. The lowest BCUT2D eigenvalue weighted by atomic mass is 9.99. The minimum absolute atomic E-state index is 0.0650. The fraction of sp³-hybridized carbons (Fsp3) is 0.209. The van der Waals surface area contributed by atoms with Crippen molar-refractivity contribution in [3.8, 4) is 5.75 Å². The van der Waals surface area contributed by atoms with E-state index in [0.717, 1.165) is 49.6 Å². The third-order valence-corrected chi connectivity index (χ3v) is 9.93. The second-order valence-electron chi connectivity index (χ2n) is 13.8. The molecule has 0 saturated carbocycles. The molecule has 2 aromatic heterocycles. The number of aryl methyl sites for hydroxylation is 1. The number of phenolic OH excluding ortho intramolecular Hbond substituents is 1. The van der Waals surface area contributed by atoms with E-state index in [1.165, 1.54) is 12.1 Å². The number of H-pyrrole nitrogens is 2. The van der Waals surface area contributed by atoms with Crippen LogP contribution in [-0.4, -0.2) is 56.8 Å². The summed E-state index contributed by atoms with van der Waals surface area (Å²) in [6, 6.07) is 24.9. The van der Waals surface area contributed by atoms with E-state index in [1.54, 1.807) is 12.1 Å². The van der Waals surface area contributed by atoms with Gasteiger partial charge in [0.15, 0.2) is 0 Å². The summed E-state index contributed by atoms with van der Waals surface area (Å²) in [5, 5.41) is 20.2. The van der Waals surface area contributed by atoms with Crippen LogP contribution in [0.15, 0.2) is 109 Å². The topological polar surface area (TPSA) is 182 Å². The first-order chi connectivity index (χ1) is 26.2. The number of benzene rings is 4. The highest BCUT2D eigenvalue weighted by Crippen LogP contribution is 2.24. The summed E-state index contributed by atoms with van der Waals surface area (Å²) in [7, 11) is 0. The first kappa shape index (κ1) is 35.8. The standard InChI is InChI=1S/C43H42N6O5/c44-41(52)37(21-29-11-15-32(50)16-12-29)48-43(54)39-23-31-25-46-36-17-13-28(20-34(31)36)8-4-6-26-5-3-7-27(19-26)14-18-40(51)47-38(42(53)49-39)22-30-24-45-35-10-2-1-9-33(30)35/h1-7,9-13,15-17,19-20,24-25,37-39,45-46,50H,8,14,18,21-23H2,(H2,44,52)(H,47,51)(H,48,54)(H,49,53)/b6-4-/t37-,38-,39-/m0/s1. The second kappa shape index (κ2) is 16.0. The molecule has 11 heteroatoms. The molecule has 0 aliphatic carbocycles. The van der Waals surface area contributed by atoms with Crippen LogP contribution < -0.4 is 21.7 Å². The number of allylic oxidation sites excluding steroid dienone is 1. The van der Waals surface area contributed by atoms with Gasteiger partial charge in [-0.05, 0) is 76.6 Å². The molecule has 3 heterocycles. The first-order valence-corrected chi connectivity index (χ1v) is 18.0. The number of nitrogens with two attached hydrogens (primary N) is 1. The number of rotatable bonds is 7. The Morgan fingerprint density at radius 3 is 2.46 bits per heavy atom.